The summed E-state index contributed by atoms with van der Waals surface area (Å²) in [5, 5.41) is 13.3. The lowest BCUT2D eigenvalue weighted by atomic mass is 9.93. The molecule has 2 heterocycles. The van der Waals surface area contributed by atoms with E-state index in [4.69, 9.17) is 0 Å². The first-order chi connectivity index (χ1) is 11.8. The number of nitrogens with one attached hydrogen (secondary N) is 1. The number of hydrogen-bond acceptors (Lipinski definition) is 5. The largest absolute Gasteiger partial charge is 0.325 e. The van der Waals surface area contributed by atoms with Gasteiger partial charge in [0.2, 0.25) is 5.82 Å². The Hall–Kier alpha value is -3.36. The van der Waals surface area contributed by atoms with Gasteiger partial charge in [-0.05, 0) is 24.6 Å². The number of carbonyl (C=O) groups excluding carboxylic acids is 2. The van der Waals surface area contributed by atoms with Crippen LogP contribution in [0.5, 0.6) is 0 Å². The maximum absolute atomic E-state index is 13.7. The van der Waals surface area contributed by atoms with Crippen molar-refractivity contribution >= 4 is 17.6 Å². The Balaban J connectivity index is 1.87. The molecule has 1 aromatic heterocycles. The molecule has 0 spiro atoms. The number of nitro benzene ring substituents is 1. The standard InChI is InChI=1S/C16H13FN4O4/c1-16(11-3-2-6-18-8-11)14(22)20(15(23)19-16)9-10-4-5-13(21(24)25)12(17)7-10/h2-8H,9H2,1H3,(H,19,23)/t16-/m0/s1. The van der Waals surface area contributed by atoms with Crippen molar-refractivity contribution < 1.29 is 18.9 Å². The quantitative estimate of drug-likeness (QED) is 0.519. The minimum absolute atomic E-state index is 0.199. The van der Waals surface area contributed by atoms with E-state index in [0.717, 1.165) is 17.0 Å². The second-order valence-corrected chi connectivity index (χ2v) is 5.73. The summed E-state index contributed by atoms with van der Waals surface area (Å²) >= 11 is 0. The number of benzene rings is 1. The fourth-order valence-electron chi connectivity index (χ4n) is 2.67. The molecule has 9 heteroatoms. The summed E-state index contributed by atoms with van der Waals surface area (Å²) in [5.74, 6) is -1.53. The van der Waals surface area contributed by atoms with Crippen molar-refractivity contribution in [3.8, 4) is 0 Å². The fourth-order valence-corrected chi connectivity index (χ4v) is 2.67. The van der Waals surface area contributed by atoms with Crippen LogP contribution in [-0.2, 0) is 16.9 Å². The Kier molecular flexibility index (Phi) is 3.91. The molecule has 1 aromatic carbocycles. The van der Waals surface area contributed by atoms with Gasteiger partial charge in [0.25, 0.3) is 5.91 Å². The number of halogens is 1. The summed E-state index contributed by atoms with van der Waals surface area (Å²) in [5.41, 5.74) is -1.15. The highest BCUT2D eigenvalue weighted by Crippen LogP contribution is 2.29. The van der Waals surface area contributed by atoms with Gasteiger partial charge < -0.3 is 5.32 Å². The number of rotatable bonds is 4. The average Bonchev–Trinajstić information content (AvgIpc) is 2.80. The molecular formula is C16H13FN4O4. The van der Waals surface area contributed by atoms with Crippen LogP contribution in [0.4, 0.5) is 14.9 Å². The summed E-state index contributed by atoms with van der Waals surface area (Å²) in [6, 6.07) is 5.94. The van der Waals surface area contributed by atoms with Crippen molar-refractivity contribution in [3.05, 3.63) is 69.8 Å². The topological polar surface area (TPSA) is 105 Å². The van der Waals surface area contributed by atoms with Crippen LogP contribution in [0.3, 0.4) is 0 Å². The van der Waals surface area contributed by atoms with Crippen LogP contribution in [-0.4, -0.2) is 26.7 Å². The van der Waals surface area contributed by atoms with E-state index < -0.39 is 33.9 Å². The zero-order valence-electron chi connectivity index (χ0n) is 13.1. The number of pyridine rings is 1. The molecule has 128 valence electrons. The van der Waals surface area contributed by atoms with Crippen molar-refractivity contribution in [2.75, 3.05) is 0 Å². The highest BCUT2D eigenvalue weighted by molar-refractivity contribution is 6.07. The molecule has 0 radical (unpaired) electrons. The summed E-state index contributed by atoms with van der Waals surface area (Å²) in [7, 11) is 0. The summed E-state index contributed by atoms with van der Waals surface area (Å²) in [6.07, 6.45) is 3.03. The number of nitrogens with zero attached hydrogens (tertiary/aromatic N) is 3. The Morgan fingerprint density at radius 3 is 2.72 bits per heavy atom. The van der Waals surface area contributed by atoms with Gasteiger partial charge in [0.1, 0.15) is 5.54 Å². The van der Waals surface area contributed by atoms with Crippen LogP contribution in [0.2, 0.25) is 0 Å². The van der Waals surface area contributed by atoms with Gasteiger partial charge in [-0.25, -0.2) is 4.79 Å². The SMILES string of the molecule is C[C@@]1(c2cccnc2)NC(=O)N(Cc2ccc([N+](=O)[O-])c(F)c2)C1=O. The number of aromatic nitrogens is 1. The maximum Gasteiger partial charge on any atom is 0.325 e. The highest BCUT2D eigenvalue weighted by atomic mass is 19.1. The molecule has 1 atom stereocenters. The van der Waals surface area contributed by atoms with Crippen molar-refractivity contribution in [2.24, 2.45) is 0 Å². The predicted octanol–water partition coefficient (Wildman–Crippen LogP) is 2.10. The third-order valence-corrected chi connectivity index (χ3v) is 4.06. The number of hydrogen-bond donors (Lipinski definition) is 1. The minimum Gasteiger partial charge on any atom is -0.319 e. The molecule has 3 rings (SSSR count). The Labute approximate surface area is 141 Å². The summed E-state index contributed by atoms with van der Waals surface area (Å²) < 4.78 is 13.7. The van der Waals surface area contributed by atoms with Crippen LogP contribution >= 0.6 is 0 Å². The molecule has 2 aromatic rings. The Morgan fingerprint density at radius 2 is 2.12 bits per heavy atom. The van der Waals surface area contributed by atoms with Gasteiger partial charge in [-0.15, -0.1) is 0 Å². The molecule has 0 aliphatic carbocycles. The molecule has 1 aliphatic heterocycles. The van der Waals surface area contributed by atoms with Crippen LogP contribution < -0.4 is 5.32 Å². The Morgan fingerprint density at radius 1 is 1.36 bits per heavy atom. The van der Waals surface area contributed by atoms with Gasteiger partial charge in [0, 0.05) is 24.0 Å². The van der Waals surface area contributed by atoms with Gasteiger partial charge in [-0.3, -0.25) is 24.8 Å². The zero-order valence-corrected chi connectivity index (χ0v) is 13.1. The average molecular weight is 344 g/mol. The van der Waals surface area contributed by atoms with Crippen LogP contribution in [0.15, 0.2) is 42.7 Å². The number of carbonyl (C=O) groups is 2. The predicted molar refractivity (Wildman–Crippen MR) is 83.7 cm³/mol. The molecule has 0 saturated carbocycles. The number of urea groups is 1. The third-order valence-electron chi connectivity index (χ3n) is 4.06. The molecule has 25 heavy (non-hydrogen) atoms. The van der Waals surface area contributed by atoms with Crippen LogP contribution in [0, 0.1) is 15.9 Å². The molecular weight excluding hydrogens is 331 g/mol. The normalized spacial score (nSPS) is 19.8. The highest BCUT2D eigenvalue weighted by Gasteiger charge is 2.49. The lowest BCUT2D eigenvalue weighted by Crippen LogP contribution is -2.40. The maximum atomic E-state index is 13.7. The second kappa shape index (κ2) is 5.93. The van der Waals surface area contributed by atoms with Crippen LogP contribution in [0.1, 0.15) is 18.1 Å². The number of amides is 3. The van der Waals surface area contributed by atoms with E-state index in [0.29, 0.717) is 5.56 Å². The van der Waals surface area contributed by atoms with E-state index >= 15 is 0 Å². The molecule has 8 nitrogen and oxygen atoms in total. The third kappa shape index (κ3) is 2.80. The first-order valence-electron chi connectivity index (χ1n) is 7.30. The Bertz CT molecular complexity index is 874. The number of imide groups is 1. The van der Waals surface area contributed by atoms with E-state index in [1.165, 1.54) is 12.3 Å². The molecule has 1 saturated heterocycles. The van der Waals surface area contributed by atoms with E-state index in [2.05, 4.69) is 10.3 Å². The van der Waals surface area contributed by atoms with E-state index in [1.54, 1.807) is 25.3 Å². The van der Waals surface area contributed by atoms with E-state index in [9.17, 15) is 24.1 Å². The smallest absolute Gasteiger partial charge is 0.319 e. The second-order valence-electron chi connectivity index (χ2n) is 5.73. The van der Waals surface area contributed by atoms with Gasteiger partial charge in [-0.1, -0.05) is 12.1 Å². The van der Waals surface area contributed by atoms with Gasteiger partial charge in [0.05, 0.1) is 11.5 Å². The molecule has 1 fully saturated rings. The van der Waals surface area contributed by atoms with Gasteiger partial charge >= 0.3 is 11.7 Å². The minimum atomic E-state index is -1.27. The molecule has 0 bridgehead atoms. The summed E-state index contributed by atoms with van der Waals surface area (Å²) in [6.45, 7) is 1.36. The van der Waals surface area contributed by atoms with Gasteiger partial charge in [-0.2, -0.15) is 4.39 Å². The molecule has 1 N–H and O–H groups in total. The molecule has 3 amide bonds. The van der Waals surface area contributed by atoms with Crippen molar-refractivity contribution in [1.29, 1.82) is 0 Å². The first kappa shape index (κ1) is 16.5. The summed E-state index contributed by atoms with van der Waals surface area (Å²) in [4.78, 5) is 39.6. The monoisotopic (exact) mass is 344 g/mol. The fraction of sp³-hybridized carbons (Fsp3) is 0.188. The van der Waals surface area contributed by atoms with E-state index in [-0.39, 0.29) is 12.1 Å². The first-order valence-corrected chi connectivity index (χ1v) is 7.30. The lowest BCUT2D eigenvalue weighted by molar-refractivity contribution is -0.387. The van der Waals surface area contributed by atoms with Crippen molar-refractivity contribution in [3.63, 3.8) is 0 Å². The van der Waals surface area contributed by atoms with Crippen LogP contribution in [0.25, 0.3) is 0 Å². The zero-order chi connectivity index (χ0) is 18.2. The van der Waals surface area contributed by atoms with Crippen molar-refractivity contribution in [1.82, 2.24) is 15.2 Å². The van der Waals surface area contributed by atoms with Gasteiger partial charge in [0.15, 0.2) is 0 Å². The lowest BCUT2D eigenvalue weighted by Gasteiger charge is -2.21. The van der Waals surface area contributed by atoms with E-state index in [1.807, 2.05) is 0 Å². The number of nitro groups is 1. The van der Waals surface area contributed by atoms with Crippen molar-refractivity contribution in [2.45, 2.75) is 19.0 Å². The molecule has 1 aliphatic rings. The molecule has 0 unspecified atom stereocenters.